The van der Waals surface area contributed by atoms with Crippen molar-refractivity contribution in [3.05, 3.63) is 35.4 Å². The van der Waals surface area contributed by atoms with Crippen LogP contribution in [0.25, 0.3) is 0 Å². The van der Waals surface area contributed by atoms with Gasteiger partial charge in [0.1, 0.15) is 0 Å². The smallest absolute Gasteiger partial charge is 0.226 e. The lowest BCUT2D eigenvalue weighted by Gasteiger charge is -2.27. The van der Waals surface area contributed by atoms with Crippen LogP contribution in [0.5, 0.6) is 0 Å². The molecular weight excluding hydrogens is 224 g/mol. The van der Waals surface area contributed by atoms with Crippen molar-refractivity contribution in [2.45, 2.75) is 31.7 Å². The molecular formula is C15H20N2O. The number of aryl methyl sites for hydroxylation is 1. The Hall–Kier alpha value is -1.35. The first-order valence-corrected chi connectivity index (χ1v) is 6.85. The Morgan fingerprint density at radius 1 is 1.22 bits per heavy atom. The van der Waals surface area contributed by atoms with E-state index in [1.165, 1.54) is 11.1 Å². The van der Waals surface area contributed by atoms with E-state index >= 15 is 0 Å². The molecule has 0 saturated carbocycles. The number of carbonyl (C=O) groups excluding carboxylic acids is 1. The van der Waals surface area contributed by atoms with Crippen LogP contribution >= 0.6 is 0 Å². The van der Waals surface area contributed by atoms with Crippen LogP contribution in [-0.4, -0.2) is 29.9 Å². The lowest BCUT2D eigenvalue weighted by atomic mass is 9.83. The second kappa shape index (κ2) is 4.73. The zero-order chi connectivity index (χ0) is 12.5. The molecule has 1 aliphatic carbocycles. The van der Waals surface area contributed by atoms with Crippen molar-refractivity contribution >= 4 is 5.91 Å². The van der Waals surface area contributed by atoms with Crippen molar-refractivity contribution in [1.29, 1.82) is 0 Å². The first kappa shape index (κ1) is 11.7. The number of rotatable bonds is 1. The van der Waals surface area contributed by atoms with E-state index in [1.807, 2.05) is 4.90 Å². The average Bonchev–Trinajstić information content (AvgIpc) is 2.84. The summed E-state index contributed by atoms with van der Waals surface area (Å²) in [7, 11) is 0. The molecule has 96 valence electrons. The van der Waals surface area contributed by atoms with Crippen LogP contribution in [0.1, 0.15) is 24.0 Å². The van der Waals surface area contributed by atoms with Crippen molar-refractivity contribution < 1.29 is 4.79 Å². The molecule has 1 aromatic carbocycles. The minimum atomic E-state index is 0.171. The van der Waals surface area contributed by atoms with E-state index < -0.39 is 0 Å². The van der Waals surface area contributed by atoms with E-state index in [-0.39, 0.29) is 12.0 Å². The van der Waals surface area contributed by atoms with Gasteiger partial charge in [-0.05, 0) is 36.8 Å². The van der Waals surface area contributed by atoms with Crippen LogP contribution in [0.4, 0.5) is 0 Å². The summed E-state index contributed by atoms with van der Waals surface area (Å²) in [6, 6.07) is 8.68. The second-order valence-electron chi connectivity index (χ2n) is 5.54. The maximum absolute atomic E-state index is 12.4. The Bertz CT molecular complexity index is 458. The van der Waals surface area contributed by atoms with Crippen molar-refractivity contribution in [2.24, 2.45) is 11.7 Å². The zero-order valence-corrected chi connectivity index (χ0v) is 10.6. The highest BCUT2D eigenvalue weighted by Gasteiger charge is 2.31. The summed E-state index contributed by atoms with van der Waals surface area (Å²) in [5.41, 5.74) is 8.64. The molecule has 1 aliphatic heterocycles. The highest BCUT2D eigenvalue weighted by Crippen LogP contribution is 2.27. The minimum Gasteiger partial charge on any atom is -0.341 e. The molecule has 18 heavy (non-hydrogen) atoms. The number of benzene rings is 1. The zero-order valence-electron chi connectivity index (χ0n) is 10.6. The molecule has 3 rings (SSSR count). The molecule has 1 amide bonds. The molecule has 0 spiro atoms. The predicted molar refractivity (Wildman–Crippen MR) is 71.1 cm³/mol. The van der Waals surface area contributed by atoms with Gasteiger partial charge in [0.05, 0.1) is 0 Å². The molecule has 2 aliphatic rings. The molecule has 1 unspecified atom stereocenters. The Morgan fingerprint density at radius 3 is 2.72 bits per heavy atom. The summed E-state index contributed by atoms with van der Waals surface area (Å²) in [4.78, 5) is 14.4. The number of carbonyl (C=O) groups is 1. The molecule has 1 fully saturated rings. The lowest BCUT2D eigenvalue weighted by molar-refractivity contribution is -0.134. The molecule has 1 saturated heterocycles. The fourth-order valence-electron chi connectivity index (χ4n) is 3.15. The Balaban J connectivity index is 1.70. The second-order valence-corrected chi connectivity index (χ2v) is 5.54. The Labute approximate surface area is 108 Å². The third kappa shape index (κ3) is 2.15. The number of hydrogen-bond acceptors (Lipinski definition) is 2. The molecule has 3 heteroatoms. The van der Waals surface area contributed by atoms with Crippen molar-refractivity contribution in [3.63, 3.8) is 0 Å². The molecule has 1 aromatic rings. The molecule has 0 bridgehead atoms. The van der Waals surface area contributed by atoms with E-state index in [0.29, 0.717) is 5.91 Å². The molecule has 2 N–H and O–H groups in total. The largest absolute Gasteiger partial charge is 0.341 e. The molecule has 0 radical (unpaired) electrons. The molecule has 0 aromatic heterocycles. The Morgan fingerprint density at radius 2 is 2.00 bits per heavy atom. The highest BCUT2D eigenvalue weighted by atomic mass is 16.2. The van der Waals surface area contributed by atoms with Gasteiger partial charge in [-0.25, -0.2) is 0 Å². The van der Waals surface area contributed by atoms with Crippen LogP contribution in [0.2, 0.25) is 0 Å². The van der Waals surface area contributed by atoms with Gasteiger partial charge >= 0.3 is 0 Å². The maximum atomic E-state index is 12.4. The lowest BCUT2D eigenvalue weighted by Crippen LogP contribution is -2.38. The van der Waals surface area contributed by atoms with Gasteiger partial charge in [-0.2, -0.15) is 0 Å². The van der Waals surface area contributed by atoms with Crippen molar-refractivity contribution in [1.82, 2.24) is 4.90 Å². The topological polar surface area (TPSA) is 46.3 Å². The van der Waals surface area contributed by atoms with E-state index in [2.05, 4.69) is 24.3 Å². The average molecular weight is 244 g/mol. The maximum Gasteiger partial charge on any atom is 0.226 e. The quantitative estimate of drug-likeness (QED) is 0.810. The predicted octanol–water partition coefficient (Wildman–Crippen LogP) is 1.35. The standard InChI is InChI=1S/C15H20N2O/c16-14-7-8-17(10-14)15(18)13-6-5-11-3-1-2-4-12(11)9-13/h1-4,13-14H,5-10,16H2/t13?,14-/m1/s1. The van der Waals surface area contributed by atoms with E-state index in [4.69, 9.17) is 5.73 Å². The SMILES string of the molecule is N[C@@H]1CCN(C(=O)C2CCc3ccccc3C2)C1. The number of nitrogens with zero attached hydrogens (tertiary/aromatic N) is 1. The number of nitrogens with two attached hydrogens (primary N) is 1. The van der Waals surface area contributed by atoms with Crippen LogP contribution < -0.4 is 5.73 Å². The Kier molecular flexibility index (Phi) is 3.08. The third-order valence-electron chi connectivity index (χ3n) is 4.23. The first-order valence-electron chi connectivity index (χ1n) is 6.85. The van der Waals surface area contributed by atoms with Gasteiger partial charge in [0.25, 0.3) is 0 Å². The summed E-state index contributed by atoms with van der Waals surface area (Å²) >= 11 is 0. The van der Waals surface area contributed by atoms with Gasteiger partial charge in [-0.15, -0.1) is 0 Å². The van der Waals surface area contributed by atoms with E-state index in [0.717, 1.165) is 38.8 Å². The first-order chi connectivity index (χ1) is 8.74. The summed E-state index contributed by atoms with van der Waals surface area (Å²) < 4.78 is 0. The number of amides is 1. The number of fused-ring (bicyclic) bond motifs is 1. The summed E-state index contributed by atoms with van der Waals surface area (Å²) in [5.74, 6) is 0.489. The van der Waals surface area contributed by atoms with E-state index in [1.54, 1.807) is 0 Å². The molecule has 3 nitrogen and oxygen atoms in total. The fraction of sp³-hybridized carbons (Fsp3) is 0.533. The van der Waals surface area contributed by atoms with Crippen molar-refractivity contribution in [2.75, 3.05) is 13.1 Å². The monoisotopic (exact) mass is 244 g/mol. The van der Waals surface area contributed by atoms with Gasteiger partial charge in [0.2, 0.25) is 5.91 Å². The minimum absolute atomic E-state index is 0.171. The summed E-state index contributed by atoms with van der Waals surface area (Å²) in [5, 5.41) is 0. The number of hydrogen-bond donors (Lipinski definition) is 1. The van der Waals surface area contributed by atoms with Gasteiger partial charge in [0.15, 0.2) is 0 Å². The summed E-state index contributed by atoms with van der Waals surface area (Å²) in [6.07, 6.45) is 3.88. The normalized spacial score (nSPS) is 27.1. The molecule has 2 atom stereocenters. The molecule has 1 heterocycles. The van der Waals surface area contributed by atoms with Crippen LogP contribution in [0.3, 0.4) is 0 Å². The van der Waals surface area contributed by atoms with Gasteiger partial charge < -0.3 is 10.6 Å². The van der Waals surface area contributed by atoms with Gasteiger partial charge in [-0.1, -0.05) is 24.3 Å². The van der Waals surface area contributed by atoms with Crippen LogP contribution in [0, 0.1) is 5.92 Å². The van der Waals surface area contributed by atoms with Gasteiger partial charge in [0, 0.05) is 25.0 Å². The fourth-order valence-corrected chi connectivity index (χ4v) is 3.15. The third-order valence-corrected chi connectivity index (χ3v) is 4.23. The highest BCUT2D eigenvalue weighted by molar-refractivity contribution is 5.80. The van der Waals surface area contributed by atoms with Crippen LogP contribution in [-0.2, 0) is 17.6 Å². The van der Waals surface area contributed by atoms with Crippen LogP contribution in [0.15, 0.2) is 24.3 Å². The van der Waals surface area contributed by atoms with Crippen molar-refractivity contribution in [3.8, 4) is 0 Å². The summed E-state index contributed by atoms with van der Waals surface area (Å²) in [6.45, 7) is 1.59. The number of likely N-dealkylation sites (tertiary alicyclic amines) is 1. The van der Waals surface area contributed by atoms with E-state index in [9.17, 15) is 4.79 Å². The van der Waals surface area contributed by atoms with Gasteiger partial charge in [-0.3, -0.25) is 4.79 Å².